The lowest BCUT2D eigenvalue weighted by Crippen LogP contribution is -2.18. The maximum atomic E-state index is 12.3. The smallest absolute Gasteiger partial charge is 0.265 e. The fourth-order valence-corrected chi connectivity index (χ4v) is 1.89. The van der Waals surface area contributed by atoms with Gasteiger partial charge in [0.2, 0.25) is 0 Å². The van der Waals surface area contributed by atoms with E-state index in [9.17, 15) is 4.79 Å². The molecule has 18 heavy (non-hydrogen) atoms. The molecule has 3 rings (SSSR count). The second kappa shape index (κ2) is 4.00. The van der Waals surface area contributed by atoms with Gasteiger partial charge in [-0.2, -0.15) is 0 Å². The summed E-state index contributed by atoms with van der Waals surface area (Å²) in [5.74, 6) is 0. The van der Waals surface area contributed by atoms with Gasteiger partial charge < -0.3 is 5.73 Å². The van der Waals surface area contributed by atoms with Crippen LogP contribution in [0.15, 0.2) is 59.7 Å². The Morgan fingerprint density at radius 1 is 1.00 bits per heavy atom. The number of benzene rings is 2. The topological polar surface area (TPSA) is 60.9 Å². The van der Waals surface area contributed by atoms with Crippen LogP contribution < -0.4 is 11.3 Å². The van der Waals surface area contributed by atoms with Crippen molar-refractivity contribution in [3.8, 4) is 5.69 Å². The van der Waals surface area contributed by atoms with Gasteiger partial charge >= 0.3 is 0 Å². The fourth-order valence-electron chi connectivity index (χ4n) is 1.89. The zero-order valence-corrected chi connectivity index (χ0v) is 9.58. The molecule has 1 heterocycles. The van der Waals surface area contributed by atoms with E-state index in [1.54, 1.807) is 30.3 Å². The van der Waals surface area contributed by atoms with Crippen molar-refractivity contribution in [3.63, 3.8) is 0 Å². The van der Waals surface area contributed by atoms with Crippen LogP contribution in [-0.4, -0.2) is 9.55 Å². The van der Waals surface area contributed by atoms with E-state index in [2.05, 4.69) is 4.98 Å². The number of nitrogens with zero attached hydrogens (tertiary/aromatic N) is 2. The molecule has 0 saturated carbocycles. The molecule has 4 heteroatoms. The summed E-state index contributed by atoms with van der Waals surface area (Å²) in [7, 11) is 0. The number of fused-ring (bicyclic) bond motifs is 1. The van der Waals surface area contributed by atoms with Gasteiger partial charge in [-0.25, -0.2) is 4.98 Å². The molecular weight excluding hydrogens is 226 g/mol. The number of anilines is 1. The molecule has 0 radical (unpaired) electrons. The molecule has 1 aromatic heterocycles. The number of hydrogen-bond acceptors (Lipinski definition) is 3. The van der Waals surface area contributed by atoms with Gasteiger partial charge in [0.25, 0.3) is 5.56 Å². The molecule has 0 aliphatic heterocycles. The molecule has 3 aromatic rings. The monoisotopic (exact) mass is 237 g/mol. The summed E-state index contributed by atoms with van der Waals surface area (Å²) in [6, 6.07) is 14.4. The van der Waals surface area contributed by atoms with Gasteiger partial charge in [-0.05, 0) is 36.4 Å². The minimum absolute atomic E-state index is 0.0784. The lowest BCUT2D eigenvalue weighted by atomic mass is 10.2. The molecular formula is C14H11N3O. The average molecular weight is 237 g/mol. The Morgan fingerprint density at radius 3 is 2.50 bits per heavy atom. The van der Waals surface area contributed by atoms with Gasteiger partial charge in [-0.15, -0.1) is 0 Å². The average Bonchev–Trinajstić information content (AvgIpc) is 2.41. The van der Waals surface area contributed by atoms with Gasteiger partial charge in [0, 0.05) is 5.69 Å². The third-order valence-electron chi connectivity index (χ3n) is 2.84. The van der Waals surface area contributed by atoms with Crippen LogP contribution in [0.4, 0.5) is 5.69 Å². The number of nitrogen functional groups attached to an aromatic ring is 1. The number of hydrogen-bond donors (Lipinski definition) is 1. The van der Waals surface area contributed by atoms with E-state index < -0.39 is 0 Å². The van der Waals surface area contributed by atoms with Gasteiger partial charge in [0.1, 0.15) is 6.33 Å². The van der Waals surface area contributed by atoms with Crippen molar-refractivity contribution in [2.24, 2.45) is 0 Å². The molecule has 0 spiro atoms. The Bertz CT molecular complexity index is 760. The first kappa shape index (κ1) is 10.5. The van der Waals surface area contributed by atoms with Gasteiger partial charge in [0.05, 0.1) is 16.6 Å². The highest BCUT2D eigenvalue weighted by Crippen LogP contribution is 2.11. The molecule has 88 valence electrons. The van der Waals surface area contributed by atoms with Crippen LogP contribution in [0.5, 0.6) is 0 Å². The normalized spacial score (nSPS) is 10.7. The Hall–Kier alpha value is -2.62. The molecule has 4 nitrogen and oxygen atoms in total. The molecule has 2 aromatic carbocycles. The minimum Gasteiger partial charge on any atom is -0.399 e. The van der Waals surface area contributed by atoms with Crippen LogP contribution in [0.3, 0.4) is 0 Å². The van der Waals surface area contributed by atoms with Crippen LogP contribution in [0.1, 0.15) is 0 Å². The first-order valence-corrected chi connectivity index (χ1v) is 5.58. The van der Waals surface area contributed by atoms with Crippen LogP contribution in [0.2, 0.25) is 0 Å². The van der Waals surface area contributed by atoms with Crippen molar-refractivity contribution in [1.29, 1.82) is 0 Å². The molecule has 0 unspecified atom stereocenters. The van der Waals surface area contributed by atoms with Crippen molar-refractivity contribution < 1.29 is 0 Å². The Morgan fingerprint density at radius 2 is 1.72 bits per heavy atom. The standard InChI is InChI=1S/C14H11N3O/c15-10-5-7-11(8-6-10)17-9-16-13-4-2-1-3-12(13)14(17)18/h1-9H,15H2. The van der Waals surface area contributed by atoms with Crippen LogP contribution in [0, 0.1) is 0 Å². The van der Waals surface area contributed by atoms with E-state index in [4.69, 9.17) is 5.73 Å². The summed E-state index contributed by atoms with van der Waals surface area (Å²) < 4.78 is 1.52. The summed E-state index contributed by atoms with van der Waals surface area (Å²) in [6.45, 7) is 0. The van der Waals surface area contributed by atoms with E-state index in [1.165, 1.54) is 10.9 Å². The number of rotatable bonds is 1. The number of para-hydroxylation sites is 1. The fraction of sp³-hybridized carbons (Fsp3) is 0. The largest absolute Gasteiger partial charge is 0.399 e. The first-order chi connectivity index (χ1) is 8.75. The summed E-state index contributed by atoms with van der Waals surface area (Å²) in [5.41, 5.74) is 7.68. The van der Waals surface area contributed by atoms with Crippen LogP contribution in [-0.2, 0) is 0 Å². The maximum absolute atomic E-state index is 12.3. The minimum atomic E-state index is -0.0784. The van der Waals surface area contributed by atoms with Crippen molar-refractivity contribution >= 4 is 16.6 Å². The lowest BCUT2D eigenvalue weighted by Gasteiger charge is -2.06. The highest BCUT2D eigenvalue weighted by molar-refractivity contribution is 5.77. The Labute approximate surface area is 103 Å². The van der Waals surface area contributed by atoms with E-state index >= 15 is 0 Å². The third-order valence-corrected chi connectivity index (χ3v) is 2.84. The zero-order chi connectivity index (χ0) is 12.5. The summed E-state index contributed by atoms with van der Waals surface area (Å²) in [5, 5.41) is 0.608. The second-order valence-corrected chi connectivity index (χ2v) is 4.03. The molecule has 0 saturated heterocycles. The summed E-state index contributed by atoms with van der Waals surface area (Å²) in [4.78, 5) is 16.6. The predicted octanol–water partition coefficient (Wildman–Crippen LogP) is 1.97. The van der Waals surface area contributed by atoms with Crippen molar-refractivity contribution in [2.75, 3.05) is 5.73 Å². The van der Waals surface area contributed by atoms with Crippen molar-refractivity contribution in [1.82, 2.24) is 9.55 Å². The van der Waals surface area contributed by atoms with E-state index in [0.717, 1.165) is 5.69 Å². The summed E-state index contributed by atoms with van der Waals surface area (Å²) in [6.07, 6.45) is 1.54. The first-order valence-electron chi connectivity index (χ1n) is 5.58. The number of aromatic nitrogens is 2. The summed E-state index contributed by atoms with van der Waals surface area (Å²) >= 11 is 0. The molecule has 0 amide bonds. The number of nitrogens with two attached hydrogens (primary N) is 1. The molecule has 0 bridgehead atoms. The molecule has 2 N–H and O–H groups in total. The zero-order valence-electron chi connectivity index (χ0n) is 9.58. The van der Waals surface area contributed by atoms with Gasteiger partial charge in [-0.3, -0.25) is 9.36 Å². The third kappa shape index (κ3) is 1.64. The van der Waals surface area contributed by atoms with Crippen molar-refractivity contribution in [2.45, 2.75) is 0 Å². The highest BCUT2D eigenvalue weighted by atomic mass is 16.1. The Kier molecular flexibility index (Phi) is 2.34. The molecule has 0 fully saturated rings. The lowest BCUT2D eigenvalue weighted by molar-refractivity contribution is 0.963. The maximum Gasteiger partial charge on any atom is 0.265 e. The van der Waals surface area contributed by atoms with Gasteiger partial charge in [0.15, 0.2) is 0 Å². The molecule has 0 aliphatic carbocycles. The van der Waals surface area contributed by atoms with Crippen molar-refractivity contribution in [3.05, 3.63) is 65.2 Å². The second-order valence-electron chi connectivity index (χ2n) is 4.03. The Balaban J connectivity index is 2.27. The van der Waals surface area contributed by atoms with E-state index in [0.29, 0.717) is 16.6 Å². The molecule has 0 aliphatic rings. The van der Waals surface area contributed by atoms with E-state index in [-0.39, 0.29) is 5.56 Å². The SMILES string of the molecule is Nc1ccc(-n2cnc3ccccc3c2=O)cc1. The van der Waals surface area contributed by atoms with Crippen LogP contribution in [0.25, 0.3) is 16.6 Å². The highest BCUT2D eigenvalue weighted by Gasteiger charge is 2.04. The van der Waals surface area contributed by atoms with Gasteiger partial charge in [-0.1, -0.05) is 12.1 Å². The van der Waals surface area contributed by atoms with E-state index in [1.807, 2.05) is 18.2 Å². The predicted molar refractivity (Wildman–Crippen MR) is 71.8 cm³/mol. The van der Waals surface area contributed by atoms with Crippen LogP contribution >= 0.6 is 0 Å². The quantitative estimate of drug-likeness (QED) is 0.658. The molecule has 0 atom stereocenters.